The van der Waals surface area contributed by atoms with E-state index in [2.05, 4.69) is 17.1 Å². The zero-order valence-corrected chi connectivity index (χ0v) is 11.9. The maximum absolute atomic E-state index is 13.5. The van der Waals surface area contributed by atoms with E-state index in [1.807, 2.05) is 0 Å². The number of amides is 1. The van der Waals surface area contributed by atoms with Gasteiger partial charge in [-0.2, -0.15) is 0 Å². The third kappa shape index (κ3) is 4.20. The number of carbonyl (C=O) groups excluding carboxylic acids is 1. The number of benzene rings is 1. The SMILES string of the molecule is CCCN(CCC(=O)Nc1cc(N)ccc1F)C1CC1. The molecule has 0 saturated heterocycles. The van der Waals surface area contributed by atoms with Crippen LogP contribution in [0.15, 0.2) is 18.2 Å². The Balaban J connectivity index is 1.84. The van der Waals surface area contributed by atoms with Crippen molar-refractivity contribution in [3.63, 3.8) is 0 Å². The van der Waals surface area contributed by atoms with Gasteiger partial charge in [0.15, 0.2) is 0 Å². The first kappa shape index (κ1) is 14.8. The van der Waals surface area contributed by atoms with Crippen molar-refractivity contribution in [2.45, 2.75) is 38.6 Å². The van der Waals surface area contributed by atoms with Crippen LogP contribution >= 0.6 is 0 Å². The van der Waals surface area contributed by atoms with E-state index in [1.165, 1.54) is 31.0 Å². The standard InChI is InChI=1S/C15H22FN3O/c1-2-8-19(12-4-5-12)9-7-15(20)18-14-10-11(17)3-6-13(14)16/h3,6,10,12H,2,4-5,7-9,17H2,1H3,(H,18,20). The molecular formula is C15H22FN3O. The van der Waals surface area contributed by atoms with Gasteiger partial charge in [0.25, 0.3) is 0 Å². The molecule has 1 aromatic carbocycles. The zero-order valence-electron chi connectivity index (χ0n) is 11.9. The maximum atomic E-state index is 13.5. The largest absolute Gasteiger partial charge is 0.399 e. The summed E-state index contributed by atoms with van der Waals surface area (Å²) >= 11 is 0. The molecule has 1 saturated carbocycles. The molecule has 0 aromatic heterocycles. The Morgan fingerprint density at radius 1 is 1.45 bits per heavy atom. The minimum absolute atomic E-state index is 0.156. The van der Waals surface area contributed by atoms with E-state index < -0.39 is 5.82 Å². The predicted octanol–water partition coefficient (Wildman–Crippen LogP) is 2.61. The van der Waals surface area contributed by atoms with Crippen LogP contribution in [0.1, 0.15) is 32.6 Å². The number of nitrogen functional groups attached to an aromatic ring is 1. The number of carbonyl (C=O) groups is 1. The van der Waals surface area contributed by atoms with E-state index in [0.717, 1.165) is 19.5 Å². The van der Waals surface area contributed by atoms with Crippen LogP contribution < -0.4 is 11.1 Å². The fraction of sp³-hybridized carbons (Fsp3) is 0.533. The summed E-state index contributed by atoms with van der Waals surface area (Å²) in [7, 11) is 0. The molecule has 4 nitrogen and oxygen atoms in total. The number of anilines is 2. The third-order valence-electron chi connectivity index (χ3n) is 3.46. The summed E-state index contributed by atoms with van der Waals surface area (Å²) < 4.78 is 13.5. The summed E-state index contributed by atoms with van der Waals surface area (Å²) in [6.45, 7) is 3.89. The van der Waals surface area contributed by atoms with Gasteiger partial charge in [-0.3, -0.25) is 9.69 Å². The molecule has 1 amide bonds. The van der Waals surface area contributed by atoms with Crippen molar-refractivity contribution in [3.05, 3.63) is 24.0 Å². The topological polar surface area (TPSA) is 58.4 Å². The fourth-order valence-corrected chi connectivity index (χ4v) is 2.30. The van der Waals surface area contributed by atoms with E-state index in [-0.39, 0.29) is 11.6 Å². The fourth-order valence-electron chi connectivity index (χ4n) is 2.30. The van der Waals surface area contributed by atoms with Crippen molar-refractivity contribution < 1.29 is 9.18 Å². The highest BCUT2D eigenvalue weighted by Crippen LogP contribution is 2.27. The van der Waals surface area contributed by atoms with Gasteiger partial charge in [-0.25, -0.2) is 4.39 Å². The number of nitrogens with one attached hydrogen (secondary N) is 1. The highest BCUT2D eigenvalue weighted by molar-refractivity contribution is 5.91. The van der Waals surface area contributed by atoms with Gasteiger partial charge < -0.3 is 11.1 Å². The number of rotatable bonds is 7. The number of nitrogens with two attached hydrogens (primary N) is 1. The molecule has 0 radical (unpaired) electrons. The molecule has 0 aliphatic heterocycles. The zero-order chi connectivity index (χ0) is 14.5. The molecular weight excluding hydrogens is 257 g/mol. The summed E-state index contributed by atoms with van der Waals surface area (Å²) in [5, 5.41) is 2.59. The minimum atomic E-state index is -0.458. The Bertz CT molecular complexity index is 474. The van der Waals surface area contributed by atoms with Gasteiger partial charge in [0.05, 0.1) is 5.69 Å². The van der Waals surface area contributed by atoms with Crippen molar-refractivity contribution in [2.75, 3.05) is 24.1 Å². The van der Waals surface area contributed by atoms with Gasteiger partial charge in [-0.1, -0.05) is 6.92 Å². The van der Waals surface area contributed by atoms with Crippen molar-refractivity contribution >= 4 is 17.3 Å². The molecule has 0 bridgehead atoms. The monoisotopic (exact) mass is 279 g/mol. The number of halogens is 1. The Morgan fingerprint density at radius 3 is 2.85 bits per heavy atom. The van der Waals surface area contributed by atoms with Crippen LogP contribution in [0.3, 0.4) is 0 Å². The van der Waals surface area contributed by atoms with E-state index in [9.17, 15) is 9.18 Å². The van der Waals surface area contributed by atoms with Gasteiger partial charge in [0.2, 0.25) is 5.91 Å². The molecule has 3 N–H and O–H groups in total. The van der Waals surface area contributed by atoms with Gasteiger partial charge in [-0.05, 0) is 44.0 Å². The van der Waals surface area contributed by atoms with Crippen LogP contribution in [0.2, 0.25) is 0 Å². The van der Waals surface area contributed by atoms with Crippen LogP contribution in [0.5, 0.6) is 0 Å². The Hall–Kier alpha value is -1.62. The molecule has 5 heteroatoms. The molecule has 0 unspecified atom stereocenters. The molecule has 1 fully saturated rings. The van der Waals surface area contributed by atoms with Crippen LogP contribution in [-0.4, -0.2) is 29.9 Å². The second-order valence-corrected chi connectivity index (χ2v) is 5.30. The average molecular weight is 279 g/mol. The molecule has 110 valence electrons. The lowest BCUT2D eigenvalue weighted by Crippen LogP contribution is -2.30. The quantitative estimate of drug-likeness (QED) is 0.754. The molecule has 1 aliphatic carbocycles. The van der Waals surface area contributed by atoms with Crippen molar-refractivity contribution in [2.24, 2.45) is 0 Å². The Morgan fingerprint density at radius 2 is 2.20 bits per heavy atom. The first-order valence-corrected chi connectivity index (χ1v) is 7.19. The predicted molar refractivity (Wildman–Crippen MR) is 78.9 cm³/mol. The molecule has 0 spiro atoms. The summed E-state index contributed by atoms with van der Waals surface area (Å²) in [4.78, 5) is 14.2. The molecule has 0 atom stereocenters. The van der Waals surface area contributed by atoms with E-state index in [1.54, 1.807) is 0 Å². The van der Waals surface area contributed by atoms with Crippen molar-refractivity contribution in [1.82, 2.24) is 4.90 Å². The second kappa shape index (κ2) is 6.70. The highest BCUT2D eigenvalue weighted by atomic mass is 19.1. The van der Waals surface area contributed by atoms with Gasteiger partial charge in [0.1, 0.15) is 5.82 Å². The van der Waals surface area contributed by atoms with Gasteiger partial charge in [-0.15, -0.1) is 0 Å². The molecule has 20 heavy (non-hydrogen) atoms. The summed E-state index contributed by atoms with van der Waals surface area (Å²) in [6, 6.07) is 4.82. The summed E-state index contributed by atoms with van der Waals surface area (Å²) in [6.07, 6.45) is 3.92. The molecule has 1 aliphatic rings. The lowest BCUT2D eigenvalue weighted by atomic mass is 10.2. The summed E-state index contributed by atoms with van der Waals surface area (Å²) in [5.41, 5.74) is 6.18. The smallest absolute Gasteiger partial charge is 0.225 e. The number of hydrogen-bond donors (Lipinski definition) is 2. The van der Waals surface area contributed by atoms with Crippen molar-refractivity contribution in [1.29, 1.82) is 0 Å². The number of hydrogen-bond acceptors (Lipinski definition) is 3. The minimum Gasteiger partial charge on any atom is -0.399 e. The molecule has 1 aromatic rings. The van der Waals surface area contributed by atoms with Crippen LogP contribution in [-0.2, 0) is 4.79 Å². The first-order valence-electron chi connectivity index (χ1n) is 7.19. The van der Waals surface area contributed by atoms with E-state index in [4.69, 9.17) is 5.73 Å². The lowest BCUT2D eigenvalue weighted by Gasteiger charge is -2.20. The Kier molecular flexibility index (Phi) is 4.95. The maximum Gasteiger partial charge on any atom is 0.225 e. The van der Waals surface area contributed by atoms with Crippen LogP contribution in [0.25, 0.3) is 0 Å². The molecule has 2 rings (SSSR count). The third-order valence-corrected chi connectivity index (χ3v) is 3.46. The normalized spacial score (nSPS) is 14.6. The van der Waals surface area contributed by atoms with Gasteiger partial charge >= 0.3 is 0 Å². The molecule has 0 heterocycles. The summed E-state index contributed by atoms with van der Waals surface area (Å²) in [5.74, 6) is -0.628. The number of nitrogens with zero attached hydrogens (tertiary/aromatic N) is 1. The van der Waals surface area contributed by atoms with Crippen molar-refractivity contribution in [3.8, 4) is 0 Å². The van der Waals surface area contributed by atoms with Crippen LogP contribution in [0.4, 0.5) is 15.8 Å². The first-order chi connectivity index (χ1) is 9.60. The van der Waals surface area contributed by atoms with E-state index in [0.29, 0.717) is 18.2 Å². The second-order valence-electron chi connectivity index (χ2n) is 5.30. The lowest BCUT2D eigenvalue weighted by molar-refractivity contribution is -0.116. The van der Waals surface area contributed by atoms with Crippen LogP contribution in [0, 0.1) is 5.82 Å². The highest BCUT2D eigenvalue weighted by Gasteiger charge is 2.28. The average Bonchev–Trinajstić information content (AvgIpc) is 3.23. The van der Waals surface area contributed by atoms with Gasteiger partial charge in [0, 0.05) is 24.7 Å². The van der Waals surface area contributed by atoms with E-state index >= 15 is 0 Å². The Labute approximate surface area is 119 Å².